The van der Waals surface area contributed by atoms with E-state index in [2.05, 4.69) is 0 Å². The Hall–Kier alpha value is -3.00. The number of amides is 1. The van der Waals surface area contributed by atoms with Crippen LogP contribution in [0, 0.1) is 23.6 Å². The summed E-state index contributed by atoms with van der Waals surface area (Å²) in [6.07, 6.45) is -4.55. The predicted octanol–water partition coefficient (Wildman–Crippen LogP) is 4.96. The molecule has 6 rings (SSSR count). The zero-order chi connectivity index (χ0) is 28.9. The summed E-state index contributed by atoms with van der Waals surface area (Å²) in [6, 6.07) is 11.8. The van der Waals surface area contributed by atoms with Crippen LogP contribution < -0.4 is 9.80 Å². The average Bonchev–Trinajstić information content (AvgIpc) is 3.35. The maximum absolute atomic E-state index is 15.3. The highest BCUT2D eigenvalue weighted by Crippen LogP contribution is 2.53. The van der Waals surface area contributed by atoms with Crippen LogP contribution in [0.2, 0.25) is 0 Å². The minimum Gasteiger partial charge on any atom is -0.378 e. The summed E-state index contributed by atoms with van der Waals surface area (Å²) in [5, 5.41) is 1.80. The van der Waals surface area contributed by atoms with E-state index in [0.29, 0.717) is 49.1 Å². The average molecular weight is 610 g/mol. The molecule has 2 atom stereocenters. The summed E-state index contributed by atoms with van der Waals surface area (Å²) in [5.41, 5.74) is -0.0317. The van der Waals surface area contributed by atoms with Crippen molar-refractivity contribution in [1.82, 2.24) is 4.31 Å². The molecule has 7 nitrogen and oxygen atoms in total. The Balaban J connectivity index is 1.17. The van der Waals surface area contributed by atoms with Gasteiger partial charge in [0.15, 0.2) is 0 Å². The molecule has 3 aromatic rings. The first-order chi connectivity index (χ1) is 19.5. The summed E-state index contributed by atoms with van der Waals surface area (Å²) < 4.78 is 86.8. The number of carbonyl (C=O) groups excluding carboxylic acids is 1. The summed E-state index contributed by atoms with van der Waals surface area (Å²) in [7, 11) is -3.96. The van der Waals surface area contributed by atoms with Gasteiger partial charge in [0.2, 0.25) is 10.0 Å². The smallest absolute Gasteiger partial charge is 0.378 e. The van der Waals surface area contributed by atoms with Gasteiger partial charge in [-0.2, -0.15) is 17.5 Å². The van der Waals surface area contributed by atoms with Crippen LogP contribution in [-0.2, 0) is 20.9 Å². The number of hydrogen-bond donors (Lipinski definition) is 0. The van der Waals surface area contributed by atoms with Crippen molar-refractivity contribution in [2.24, 2.45) is 17.8 Å². The van der Waals surface area contributed by atoms with Crippen LogP contribution in [0.5, 0.6) is 0 Å². The molecule has 0 bridgehead atoms. The Labute approximate surface area is 239 Å². The first kappa shape index (κ1) is 28.1. The normalized spacial score (nSPS) is 22.9. The van der Waals surface area contributed by atoms with E-state index in [9.17, 15) is 26.4 Å². The van der Waals surface area contributed by atoms with Crippen molar-refractivity contribution in [3.8, 4) is 0 Å². The molecule has 2 aliphatic heterocycles. The second kappa shape index (κ2) is 10.7. The number of nitrogens with zero attached hydrogens (tertiary/aromatic N) is 3. The first-order valence-corrected chi connectivity index (χ1v) is 15.5. The third-order valence-electron chi connectivity index (χ3n) is 8.12. The lowest BCUT2D eigenvalue weighted by atomic mass is 10.2. The van der Waals surface area contributed by atoms with Crippen molar-refractivity contribution in [2.75, 3.05) is 55.7 Å². The minimum atomic E-state index is -4.55. The van der Waals surface area contributed by atoms with Crippen LogP contribution in [0.4, 0.5) is 28.9 Å². The molecule has 0 radical (unpaired) electrons. The van der Waals surface area contributed by atoms with Gasteiger partial charge in [-0.25, -0.2) is 12.8 Å². The van der Waals surface area contributed by atoms with Crippen molar-refractivity contribution in [1.29, 1.82) is 0 Å². The lowest BCUT2D eigenvalue weighted by molar-refractivity contribution is -0.137. The van der Waals surface area contributed by atoms with Crippen LogP contribution in [0.25, 0.3) is 0 Å². The van der Waals surface area contributed by atoms with E-state index in [0.717, 1.165) is 24.3 Å². The van der Waals surface area contributed by atoms with Crippen molar-refractivity contribution < 1.29 is 35.5 Å². The highest BCUT2D eigenvalue weighted by atomic mass is 32.2. The van der Waals surface area contributed by atoms with Gasteiger partial charge in [0.1, 0.15) is 5.82 Å². The van der Waals surface area contributed by atoms with Gasteiger partial charge in [-0.15, -0.1) is 11.3 Å². The number of hydrogen-bond acceptors (Lipinski definition) is 6. The van der Waals surface area contributed by atoms with E-state index in [4.69, 9.17) is 4.74 Å². The highest BCUT2D eigenvalue weighted by molar-refractivity contribution is 7.89. The zero-order valence-electron chi connectivity index (χ0n) is 21.8. The number of piperidine rings is 1. The molecule has 2 aromatic carbocycles. The van der Waals surface area contributed by atoms with E-state index in [1.807, 2.05) is 4.90 Å². The SMILES string of the molecule is O=C(c1cccs1)N(CC1C2CN(S(=O)(=O)c3ccc(C(F)(F)F)cc3)CC12)c1ccc(N2CCOCC2)c(F)c1. The number of benzene rings is 2. The van der Waals surface area contributed by atoms with Gasteiger partial charge in [0.25, 0.3) is 5.91 Å². The molecule has 0 spiro atoms. The van der Waals surface area contributed by atoms with Crippen LogP contribution in [0.1, 0.15) is 15.2 Å². The minimum absolute atomic E-state index is 0.00432. The van der Waals surface area contributed by atoms with Crippen LogP contribution in [-0.4, -0.2) is 64.6 Å². The molecule has 0 N–H and O–H groups in total. The van der Waals surface area contributed by atoms with Crippen molar-refractivity contribution in [3.63, 3.8) is 0 Å². The van der Waals surface area contributed by atoms with Gasteiger partial charge in [-0.1, -0.05) is 6.07 Å². The monoisotopic (exact) mass is 609 g/mol. The van der Waals surface area contributed by atoms with Crippen LogP contribution in [0.3, 0.4) is 0 Å². The maximum Gasteiger partial charge on any atom is 0.416 e. The van der Waals surface area contributed by atoms with E-state index in [1.165, 1.54) is 21.7 Å². The van der Waals surface area contributed by atoms with Gasteiger partial charge in [0, 0.05) is 38.4 Å². The Kier molecular flexibility index (Phi) is 7.33. The summed E-state index contributed by atoms with van der Waals surface area (Å²) in [6.45, 7) is 2.90. The van der Waals surface area contributed by atoms with Gasteiger partial charge in [-0.05, 0) is 71.7 Å². The molecule has 3 heterocycles. The number of rotatable bonds is 7. The maximum atomic E-state index is 15.3. The van der Waals surface area contributed by atoms with Gasteiger partial charge in [-0.3, -0.25) is 4.79 Å². The molecule has 1 aromatic heterocycles. The van der Waals surface area contributed by atoms with Crippen molar-refractivity contribution in [3.05, 3.63) is 76.2 Å². The third-order valence-corrected chi connectivity index (χ3v) is 10.8. The fraction of sp³-hybridized carbons (Fsp3) is 0.393. The lowest BCUT2D eigenvalue weighted by Gasteiger charge is -2.30. The number of halogens is 4. The van der Waals surface area contributed by atoms with Crippen LogP contribution in [0.15, 0.2) is 64.9 Å². The molecule has 41 heavy (non-hydrogen) atoms. The molecular formula is C28H27F4N3O4S2. The number of ether oxygens (including phenoxy) is 1. The molecule has 1 saturated carbocycles. The van der Waals surface area contributed by atoms with Gasteiger partial charge in [0.05, 0.1) is 34.2 Å². The summed E-state index contributed by atoms with van der Waals surface area (Å²) in [4.78, 5) is 17.3. The molecule has 1 amide bonds. The Morgan fingerprint density at radius 1 is 1.02 bits per heavy atom. The fourth-order valence-corrected chi connectivity index (χ4v) is 8.00. The number of alkyl halides is 3. The molecule has 13 heteroatoms. The molecule has 3 fully saturated rings. The molecule has 2 saturated heterocycles. The molecule has 218 valence electrons. The highest BCUT2D eigenvalue weighted by Gasteiger charge is 2.58. The number of carbonyl (C=O) groups is 1. The molecular weight excluding hydrogens is 582 g/mol. The molecule has 1 aliphatic carbocycles. The van der Waals surface area contributed by atoms with Crippen molar-refractivity contribution in [2.45, 2.75) is 11.1 Å². The number of sulfonamides is 1. The topological polar surface area (TPSA) is 70.2 Å². The predicted molar refractivity (Wildman–Crippen MR) is 146 cm³/mol. The second-order valence-electron chi connectivity index (χ2n) is 10.5. The van der Waals surface area contributed by atoms with Gasteiger partial charge >= 0.3 is 6.18 Å². The third kappa shape index (κ3) is 5.47. The summed E-state index contributed by atoms with van der Waals surface area (Å²) >= 11 is 1.29. The number of anilines is 2. The van der Waals surface area contributed by atoms with E-state index >= 15 is 4.39 Å². The number of thiophene rings is 1. The summed E-state index contributed by atoms with van der Waals surface area (Å²) in [5.74, 6) is -0.679. The molecule has 3 aliphatic rings. The number of fused-ring (bicyclic) bond motifs is 1. The zero-order valence-corrected chi connectivity index (χ0v) is 23.4. The van der Waals surface area contributed by atoms with E-state index < -0.39 is 27.6 Å². The lowest BCUT2D eigenvalue weighted by Crippen LogP contribution is -2.37. The quantitative estimate of drug-likeness (QED) is 0.355. The Bertz CT molecular complexity index is 1510. The Morgan fingerprint density at radius 3 is 2.29 bits per heavy atom. The van der Waals surface area contributed by atoms with Crippen LogP contribution >= 0.6 is 11.3 Å². The van der Waals surface area contributed by atoms with Gasteiger partial charge < -0.3 is 14.5 Å². The fourth-order valence-electron chi connectivity index (χ4n) is 5.82. The second-order valence-corrected chi connectivity index (χ2v) is 13.3. The molecule has 2 unspecified atom stereocenters. The van der Waals surface area contributed by atoms with E-state index in [-0.39, 0.29) is 41.6 Å². The number of morpholine rings is 1. The Morgan fingerprint density at radius 2 is 1.71 bits per heavy atom. The van der Waals surface area contributed by atoms with E-state index in [1.54, 1.807) is 34.5 Å². The standard InChI is InChI=1S/C28H27F4N3O4S2/c29-24-14-19(5-8-25(24)33-9-11-39-12-10-33)35(27(36)26-2-1-13-40-26)17-23-21-15-34(16-22(21)23)41(37,38)20-6-3-18(4-7-20)28(30,31)32/h1-8,13-14,21-23H,9-12,15-17H2. The first-order valence-electron chi connectivity index (χ1n) is 13.2. The largest absolute Gasteiger partial charge is 0.416 e. The van der Waals surface area contributed by atoms with Crippen molar-refractivity contribution >= 4 is 38.6 Å².